The van der Waals surface area contributed by atoms with Crippen LogP contribution < -0.4 is 18.9 Å². The van der Waals surface area contributed by atoms with Gasteiger partial charge >= 0.3 is 0 Å². The van der Waals surface area contributed by atoms with Gasteiger partial charge in [0.25, 0.3) is 0 Å². The molecule has 0 saturated carbocycles. The number of benzene rings is 8. The van der Waals surface area contributed by atoms with Crippen molar-refractivity contribution in [2.45, 2.75) is 33.4 Å². The van der Waals surface area contributed by atoms with Gasteiger partial charge in [-0.2, -0.15) is 17.6 Å². The Morgan fingerprint density at radius 2 is 0.590 bits per heavy atom. The molecule has 0 fully saturated rings. The molecule has 8 aromatic rings. The van der Waals surface area contributed by atoms with Gasteiger partial charge in [0.15, 0.2) is 69.8 Å². The number of ether oxygens (including phenoxy) is 4. The van der Waals surface area contributed by atoms with Crippen LogP contribution in [0.25, 0.3) is 11.1 Å². The van der Waals surface area contributed by atoms with Crippen molar-refractivity contribution in [2.24, 2.45) is 0 Å². The van der Waals surface area contributed by atoms with E-state index in [4.69, 9.17) is 18.9 Å². The van der Waals surface area contributed by atoms with E-state index in [2.05, 4.69) is 0 Å². The number of rotatable bonds is 13. The summed E-state index contributed by atoms with van der Waals surface area (Å²) in [5.74, 6) is -40.8. The number of ketones is 1. The lowest BCUT2D eigenvalue weighted by Gasteiger charge is -2.14. The summed E-state index contributed by atoms with van der Waals surface area (Å²) in [5.41, 5.74) is -5.17. The predicted molar refractivity (Wildman–Crippen MR) is 245 cm³/mol. The Hall–Kier alpha value is -8.19. The van der Waals surface area contributed by atoms with Crippen LogP contribution in [0, 0.1) is 107 Å². The fourth-order valence-corrected chi connectivity index (χ4v) is 9.25. The molecule has 0 N–H and O–H groups in total. The van der Waals surface area contributed by atoms with Crippen LogP contribution in [0.15, 0.2) is 117 Å². The number of hydrogen-bond donors (Lipinski definition) is 0. The Balaban J connectivity index is 0.000000226. The van der Waals surface area contributed by atoms with E-state index in [1.807, 2.05) is 0 Å². The number of hydrogen-bond acceptors (Lipinski definition) is 7. The number of carbonyl (C=O) groups excluding carboxylic acids is 1. The molecule has 0 radical (unpaired) electrons. The summed E-state index contributed by atoms with van der Waals surface area (Å²) >= 11 is 0. The third kappa shape index (κ3) is 10.7. The van der Waals surface area contributed by atoms with Crippen LogP contribution in [0.1, 0.15) is 27.0 Å². The van der Waals surface area contributed by atoms with Gasteiger partial charge in [0.05, 0.1) is 35.8 Å². The molecule has 0 aliphatic rings. The van der Waals surface area contributed by atoms with Crippen LogP contribution in [-0.4, -0.2) is 28.4 Å². The van der Waals surface area contributed by atoms with E-state index in [0.717, 1.165) is 17.7 Å². The van der Waals surface area contributed by atoms with E-state index < -0.39 is 164 Å². The zero-order valence-corrected chi connectivity index (χ0v) is 41.1. The van der Waals surface area contributed by atoms with Gasteiger partial charge in [0.2, 0.25) is 40.6 Å². The monoisotopic (exact) mass is 1140 g/mol. The lowest BCUT2D eigenvalue weighted by molar-refractivity contribution is 0.101. The molecule has 8 rings (SSSR count). The van der Waals surface area contributed by atoms with Crippen molar-refractivity contribution in [3.05, 3.63) is 212 Å². The first kappa shape index (κ1) is 57.5. The molecule has 8 aromatic carbocycles. The number of methoxy groups -OCH3 is 2. The zero-order valence-electron chi connectivity index (χ0n) is 39.5. The minimum Gasteiger partial charge on any atom is -0.497 e. The van der Waals surface area contributed by atoms with Crippen LogP contribution in [-0.2, 0) is 21.6 Å². The average molecular weight is 1140 g/mol. The summed E-state index contributed by atoms with van der Waals surface area (Å²) in [6.45, 7) is 1.28. The molecule has 2 atom stereocenters. The third-order valence-electron chi connectivity index (χ3n) is 11.2. The van der Waals surface area contributed by atoms with Gasteiger partial charge in [0.1, 0.15) is 43.9 Å². The highest BCUT2D eigenvalue weighted by Crippen LogP contribution is 2.40. The molecule has 0 bridgehead atoms. The summed E-state index contributed by atoms with van der Waals surface area (Å²) < 4.78 is 275. The Kier molecular flexibility index (Phi) is 17.1. The molecule has 7 nitrogen and oxygen atoms in total. The molecule has 0 amide bonds. The summed E-state index contributed by atoms with van der Waals surface area (Å²) in [4.78, 5) is 9.13. The van der Waals surface area contributed by atoms with Crippen molar-refractivity contribution < 1.29 is 102 Å². The zero-order chi connectivity index (χ0) is 57.3. The molecule has 0 aliphatic carbocycles. The van der Waals surface area contributed by atoms with E-state index >= 15 is 0 Å². The molecular formula is C53H28F16O7S2. The highest BCUT2D eigenvalue weighted by Gasteiger charge is 2.38. The SMILES string of the molecule is COc1ccc(-c2ccc(Oc3c(F)c(F)c(S(=O)c4c(F)c(F)c(C)c(F)c4F)c(F)c3F)cc2)cc1.COc1ccc(S(=O)c2ccc(Oc3c(F)c(F)c(C(=O)c4c(F)c(F)c(C)c(F)c4F)c(F)c3F)cc2)cc1. The minimum atomic E-state index is -3.75. The Morgan fingerprint density at radius 1 is 0.333 bits per heavy atom. The van der Waals surface area contributed by atoms with E-state index in [0.29, 0.717) is 35.8 Å². The minimum absolute atomic E-state index is 0.221. The Morgan fingerprint density at radius 3 is 0.923 bits per heavy atom. The van der Waals surface area contributed by atoms with Crippen molar-refractivity contribution in [1.82, 2.24) is 0 Å². The van der Waals surface area contributed by atoms with Crippen LogP contribution >= 0.6 is 0 Å². The van der Waals surface area contributed by atoms with Crippen LogP contribution in [0.3, 0.4) is 0 Å². The molecule has 0 aliphatic heterocycles. The van der Waals surface area contributed by atoms with Crippen molar-refractivity contribution in [1.29, 1.82) is 0 Å². The molecule has 0 heterocycles. The highest BCUT2D eigenvalue weighted by molar-refractivity contribution is 7.85. The van der Waals surface area contributed by atoms with Crippen molar-refractivity contribution in [3.63, 3.8) is 0 Å². The molecule has 78 heavy (non-hydrogen) atoms. The lowest BCUT2D eigenvalue weighted by atomic mass is 9.98. The van der Waals surface area contributed by atoms with Gasteiger partial charge in [-0.1, -0.05) is 24.3 Å². The van der Waals surface area contributed by atoms with Crippen molar-refractivity contribution >= 4 is 27.4 Å². The first-order valence-corrected chi connectivity index (χ1v) is 23.8. The Bertz CT molecular complexity index is 3620. The van der Waals surface area contributed by atoms with Gasteiger partial charge in [0, 0.05) is 20.9 Å². The topological polar surface area (TPSA) is 88.1 Å². The van der Waals surface area contributed by atoms with Crippen LogP contribution in [0.5, 0.6) is 34.5 Å². The maximum atomic E-state index is 14.7. The van der Waals surface area contributed by atoms with Gasteiger partial charge in [-0.3, -0.25) is 4.79 Å². The second kappa shape index (κ2) is 23.2. The molecule has 0 aromatic heterocycles. The molecule has 406 valence electrons. The Labute approximate surface area is 434 Å². The molecule has 2 unspecified atom stereocenters. The maximum Gasteiger partial charge on any atom is 0.205 e. The fourth-order valence-electron chi connectivity index (χ4n) is 7.00. The van der Waals surface area contributed by atoms with Crippen molar-refractivity contribution in [3.8, 4) is 45.6 Å². The summed E-state index contributed by atoms with van der Waals surface area (Å²) in [7, 11) is -2.50. The smallest absolute Gasteiger partial charge is 0.205 e. The normalized spacial score (nSPS) is 11.9. The van der Waals surface area contributed by atoms with Gasteiger partial charge in [-0.25, -0.2) is 61.1 Å². The van der Waals surface area contributed by atoms with Gasteiger partial charge in [-0.05, 0) is 97.8 Å². The summed E-state index contributed by atoms with van der Waals surface area (Å²) in [6, 6.07) is 23.1. The summed E-state index contributed by atoms with van der Waals surface area (Å²) in [6.07, 6.45) is 0. The predicted octanol–water partition coefficient (Wildman–Crippen LogP) is 15.0. The van der Waals surface area contributed by atoms with E-state index in [1.54, 1.807) is 36.4 Å². The lowest BCUT2D eigenvalue weighted by Crippen LogP contribution is -2.18. The van der Waals surface area contributed by atoms with Gasteiger partial charge in [-0.15, -0.1) is 0 Å². The summed E-state index contributed by atoms with van der Waals surface area (Å²) in [5, 5.41) is 0. The maximum absolute atomic E-state index is 14.7. The highest BCUT2D eigenvalue weighted by atomic mass is 32.2. The molecule has 0 saturated heterocycles. The van der Waals surface area contributed by atoms with Crippen LogP contribution in [0.2, 0.25) is 0 Å². The average Bonchev–Trinajstić information content (AvgIpc) is 3.56. The van der Waals surface area contributed by atoms with Gasteiger partial charge < -0.3 is 18.9 Å². The van der Waals surface area contributed by atoms with E-state index in [9.17, 15) is 83.5 Å². The molecular weight excluding hydrogens is 1120 g/mol. The number of halogens is 16. The van der Waals surface area contributed by atoms with E-state index in [-0.39, 0.29) is 16.4 Å². The third-order valence-corrected chi connectivity index (χ3v) is 14.0. The van der Waals surface area contributed by atoms with Crippen molar-refractivity contribution in [2.75, 3.05) is 14.2 Å². The first-order chi connectivity index (χ1) is 36.9. The fraction of sp³-hybridized carbons (Fsp3) is 0.0755. The largest absolute Gasteiger partial charge is 0.497 e. The quantitative estimate of drug-likeness (QED) is 0.0645. The number of carbonyl (C=O) groups is 1. The first-order valence-electron chi connectivity index (χ1n) is 21.5. The van der Waals surface area contributed by atoms with Crippen LogP contribution in [0.4, 0.5) is 70.2 Å². The standard InChI is InChI=1S/C27H14F8O4S.C26H14F8O3S/c1-11-18(28)20(30)16(21(31)19(11)29)26(36)17-22(32)24(34)27(25(35)23(17)33)39-13-5-9-15(10-6-13)40(37)14-7-3-12(38-2)4-8-14;1-11-16(27)20(31)25(21(32)17(11)28)38(35)26-22(33)18(29)24(19(30)23(26)34)37-15-9-5-13(6-10-15)12-3-7-14(36-2)8-4-12/h3-10H,1-2H3;3-10H,1-2H3. The molecule has 25 heteroatoms. The van der Waals surface area contributed by atoms with E-state index in [1.165, 1.54) is 62.8 Å². The molecule has 0 spiro atoms. The second-order valence-corrected chi connectivity index (χ2v) is 18.6. The second-order valence-electron chi connectivity index (χ2n) is 15.8.